The van der Waals surface area contributed by atoms with Crippen LogP contribution in [0.15, 0.2) is 59.5 Å². The third-order valence-electron chi connectivity index (χ3n) is 3.94. The van der Waals surface area contributed by atoms with E-state index < -0.39 is 10.0 Å². The van der Waals surface area contributed by atoms with Gasteiger partial charge >= 0.3 is 0 Å². The molecule has 1 fully saturated rings. The van der Waals surface area contributed by atoms with Gasteiger partial charge in [-0.2, -0.15) is 0 Å². The predicted octanol–water partition coefficient (Wildman–Crippen LogP) is 3.43. The lowest BCUT2D eigenvalue weighted by Crippen LogP contribution is -2.33. The van der Waals surface area contributed by atoms with Gasteiger partial charge in [-0.05, 0) is 48.9 Å². The van der Waals surface area contributed by atoms with Crippen molar-refractivity contribution < 1.29 is 8.42 Å². The van der Waals surface area contributed by atoms with Gasteiger partial charge in [-0.3, -0.25) is 0 Å². The lowest BCUT2D eigenvalue weighted by molar-refractivity contribution is 0.538. The van der Waals surface area contributed by atoms with Crippen LogP contribution in [0.5, 0.6) is 0 Å². The molecule has 0 bridgehead atoms. The van der Waals surface area contributed by atoms with Crippen LogP contribution in [-0.2, 0) is 10.0 Å². The Kier molecular flexibility index (Phi) is 3.83. The molecular formula is C17H19NO2S. The normalized spacial score (nSPS) is 16.6. The predicted molar refractivity (Wildman–Crippen MR) is 84.4 cm³/mol. The molecule has 2 aromatic carbocycles. The van der Waals surface area contributed by atoms with Gasteiger partial charge in [0.2, 0.25) is 10.0 Å². The van der Waals surface area contributed by atoms with E-state index in [-0.39, 0.29) is 6.04 Å². The zero-order valence-corrected chi connectivity index (χ0v) is 12.8. The van der Waals surface area contributed by atoms with Crippen LogP contribution < -0.4 is 4.72 Å². The second kappa shape index (κ2) is 5.62. The van der Waals surface area contributed by atoms with Crippen molar-refractivity contribution >= 4 is 10.0 Å². The molecule has 0 amide bonds. The maximum Gasteiger partial charge on any atom is 0.240 e. The van der Waals surface area contributed by atoms with Gasteiger partial charge in [0.05, 0.1) is 4.90 Å². The van der Waals surface area contributed by atoms with E-state index in [1.54, 1.807) is 12.1 Å². The first-order valence-corrected chi connectivity index (χ1v) is 8.72. The number of benzene rings is 2. The fourth-order valence-corrected chi connectivity index (χ4v) is 3.77. The summed E-state index contributed by atoms with van der Waals surface area (Å²) in [4.78, 5) is 0.328. The molecular weight excluding hydrogens is 282 g/mol. The Morgan fingerprint density at radius 2 is 1.52 bits per heavy atom. The topological polar surface area (TPSA) is 46.2 Å². The minimum absolute atomic E-state index is 0.0174. The molecule has 0 aromatic heterocycles. The Labute approximate surface area is 126 Å². The molecule has 21 heavy (non-hydrogen) atoms. The van der Waals surface area contributed by atoms with Crippen molar-refractivity contribution in [3.63, 3.8) is 0 Å². The van der Waals surface area contributed by atoms with Crippen molar-refractivity contribution in [1.82, 2.24) is 4.72 Å². The number of hydrogen-bond donors (Lipinski definition) is 1. The van der Waals surface area contributed by atoms with Gasteiger partial charge in [0.1, 0.15) is 0 Å². The van der Waals surface area contributed by atoms with E-state index in [2.05, 4.69) is 4.72 Å². The van der Waals surface area contributed by atoms with Gasteiger partial charge in [0.25, 0.3) is 0 Å². The van der Waals surface area contributed by atoms with E-state index in [0.717, 1.165) is 24.0 Å². The summed E-state index contributed by atoms with van der Waals surface area (Å²) in [6, 6.07) is 17.0. The maximum absolute atomic E-state index is 12.3. The second-order valence-corrected chi connectivity index (χ2v) is 7.35. The van der Waals surface area contributed by atoms with E-state index in [1.165, 1.54) is 0 Å². The Morgan fingerprint density at radius 1 is 0.952 bits per heavy atom. The molecule has 2 aromatic rings. The first kappa shape index (κ1) is 14.3. The van der Waals surface area contributed by atoms with Crippen LogP contribution >= 0.6 is 0 Å². The van der Waals surface area contributed by atoms with E-state index in [4.69, 9.17) is 0 Å². The molecule has 1 aliphatic carbocycles. The number of hydrogen-bond acceptors (Lipinski definition) is 2. The quantitative estimate of drug-likeness (QED) is 0.919. The Morgan fingerprint density at radius 3 is 2.10 bits per heavy atom. The van der Waals surface area contributed by atoms with Gasteiger partial charge in [-0.25, -0.2) is 13.1 Å². The summed E-state index contributed by atoms with van der Waals surface area (Å²) in [7, 11) is -3.41. The van der Waals surface area contributed by atoms with Crippen LogP contribution in [0.4, 0.5) is 0 Å². The summed E-state index contributed by atoms with van der Waals surface area (Å²) in [6.07, 6.45) is 2.24. The van der Waals surface area contributed by atoms with Gasteiger partial charge in [-0.15, -0.1) is 0 Å². The monoisotopic (exact) mass is 301 g/mol. The highest BCUT2D eigenvalue weighted by Gasteiger charge is 2.31. The fourth-order valence-electron chi connectivity index (χ4n) is 2.46. The van der Waals surface area contributed by atoms with Crippen molar-refractivity contribution in [2.24, 2.45) is 5.92 Å². The first-order valence-electron chi connectivity index (χ1n) is 7.24. The number of rotatable bonds is 5. The minimum atomic E-state index is -3.41. The molecule has 0 heterocycles. The molecule has 1 aliphatic rings. The van der Waals surface area contributed by atoms with Crippen molar-refractivity contribution in [2.75, 3.05) is 0 Å². The van der Waals surface area contributed by atoms with Gasteiger partial charge in [-0.1, -0.05) is 42.5 Å². The zero-order chi connectivity index (χ0) is 14.9. The average molecular weight is 301 g/mol. The van der Waals surface area contributed by atoms with Gasteiger partial charge in [0.15, 0.2) is 0 Å². The number of sulfonamides is 1. The minimum Gasteiger partial charge on any atom is -0.208 e. The van der Waals surface area contributed by atoms with Crippen LogP contribution in [0.2, 0.25) is 0 Å². The molecule has 1 saturated carbocycles. The molecule has 3 rings (SSSR count). The zero-order valence-electron chi connectivity index (χ0n) is 12.0. The SMILES string of the molecule is CC(NS(=O)(=O)c1ccc(-c2ccccc2)cc1)C1CC1. The number of nitrogens with one attached hydrogen (secondary N) is 1. The third-order valence-corrected chi connectivity index (χ3v) is 5.52. The lowest BCUT2D eigenvalue weighted by Gasteiger charge is -2.13. The largest absolute Gasteiger partial charge is 0.240 e. The summed E-state index contributed by atoms with van der Waals surface area (Å²) in [5, 5.41) is 0. The van der Waals surface area contributed by atoms with Gasteiger partial charge < -0.3 is 0 Å². The standard InChI is InChI=1S/C17H19NO2S/c1-13(14-7-8-14)18-21(19,20)17-11-9-16(10-12-17)15-5-3-2-4-6-15/h2-6,9-14,18H,7-8H2,1H3. The molecule has 1 atom stereocenters. The molecule has 110 valence electrons. The van der Waals surface area contributed by atoms with Crippen LogP contribution in [0.1, 0.15) is 19.8 Å². The van der Waals surface area contributed by atoms with Crippen LogP contribution in [0, 0.1) is 5.92 Å². The summed E-state index contributed by atoms with van der Waals surface area (Å²) < 4.78 is 27.4. The summed E-state index contributed by atoms with van der Waals surface area (Å²) in [5.74, 6) is 0.503. The highest BCUT2D eigenvalue weighted by molar-refractivity contribution is 7.89. The van der Waals surface area contributed by atoms with E-state index in [1.807, 2.05) is 49.4 Å². The molecule has 0 spiro atoms. The highest BCUT2D eigenvalue weighted by atomic mass is 32.2. The lowest BCUT2D eigenvalue weighted by atomic mass is 10.1. The highest BCUT2D eigenvalue weighted by Crippen LogP contribution is 2.33. The molecule has 4 heteroatoms. The maximum atomic E-state index is 12.3. The fraction of sp³-hybridized carbons (Fsp3) is 0.294. The summed E-state index contributed by atoms with van der Waals surface area (Å²) in [6.45, 7) is 1.94. The second-order valence-electron chi connectivity index (χ2n) is 5.64. The Balaban J connectivity index is 1.80. The van der Waals surface area contributed by atoms with E-state index >= 15 is 0 Å². The smallest absolute Gasteiger partial charge is 0.208 e. The molecule has 0 saturated heterocycles. The van der Waals surface area contributed by atoms with Crippen molar-refractivity contribution in [3.05, 3.63) is 54.6 Å². The average Bonchev–Trinajstić information content (AvgIpc) is 3.33. The third kappa shape index (κ3) is 3.34. The van der Waals surface area contributed by atoms with Crippen LogP contribution in [0.3, 0.4) is 0 Å². The van der Waals surface area contributed by atoms with E-state index in [0.29, 0.717) is 10.8 Å². The Bertz CT molecular complexity index is 704. The molecule has 0 aliphatic heterocycles. The first-order chi connectivity index (χ1) is 10.1. The summed E-state index contributed by atoms with van der Waals surface area (Å²) >= 11 is 0. The molecule has 1 N–H and O–H groups in total. The Hall–Kier alpha value is -1.65. The van der Waals surface area contributed by atoms with Crippen molar-refractivity contribution in [2.45, 2.75) is 30.7 Å². The van der Waals surface area contributed by atoms with Crippen molar-refractivity contribution in [1.29, 1.82) is 0 Å². The van der Waals surface area contributed by atoms with E-state index in [9.17, 15) is 8.42 Å². The van der Waals surface area contributed by atoms with Crippen molar-refractivity contribution in [3.8, 4) is 11.1 Å². The molecule has 1 unspecified atom stereocenters. The summed E-state index contributed by atoms with van der Waals surface area (Å²) in [5.41, 5.74) is 2.10. The molecule has 3 nitrogen and oxygen atoms in total. The van der Waals surface area contributed by atoms with Crippen LogP contribution in [0.25, 0.3) is 11.1 Å². The van der Waals surface area contributed by atoms with Gasteiger partial charge in [0, 0.05) is 6.04 Å². The molecule has 0 radical (unpaired) electrons. The van der Waals surface area contributed by atoms with Crippen LogP contribution in [-0.4, -0.2) is 14.5 Å².